The summed E-state index contributed by atoms with van der Waals surface area (Å²) in [5.41, 5.74) is 0. The summed E-state index contributed by atoms with van der Waals surface area (Å²) in [6, 6.07) is 1.25. The predicted molar refractivity (Wildman–Crippen MR) is 111 cm³/mol. The van der Waals surface area contributed by atoms with Gasteiger partial charge in [-0.05, 0) is 42.7 Å². The SMILES string of the molecule is CCCCC[C@H]1CC[C@H](C2CCCCC2)CC1.O=C(O)Oc1ccc(F)c(F)c1F. The van der Waals surface area contributed by atoms with E-state index in [1.165, 1.54) is 44.9 Å². The van der Waals surface area contributed by atoms with E-state index < -0.39 is 29.4 Å². The smallest absolute Gasteiger partial charge is 0.449 e. The van der Waals surface area contributed by atoms with Crippen molar-refractivity contribution in [2.45, 2.75) is 90.4 Å². The van der Waals surface area contributed by atoms with Crippen LogP contribution in [0.25, 0.3) is 0 Å². The summed E-state index contributed by atoms with van der Waals surface area (Å²) in [5, 5.41) is 8.05. The van der Waals surface area contributed by atoms with Gasteiger partial charge in [-0.1, -0.05) is 77.6 Å². The maximum atomic E-state index is 12.6. The summed E-state index contributed by atoms with van der Waals surface area (Å²) >= 11 is 0. The number of hydrogen-bond donors (Lipinski definition) is 1. The van der Waals surface area contributed by atoms with Crippen LogP contribution in [0.2, 0.25) is 0 Å². The molecule has 0 atom stereocenters. The third-order valence-corrected chi connectivity index (χ3v) is 6.62. The Morgan fingerprint density at radius 3 is 2.17 bits per heavy atom. The Hall–Kier alpha value is -1.72. The molecule has 0 heterocycles. The topological polar surface area (TPSA) is 46.5 Å². The van der Waals surface area contributed by atoms with Crippen molar-refractivity contribution in [1.29, 1.82) is 0 Å². The lowest BCUT2D eigenvalue weighted by Crippen LogP contribution is -2.23. The lowest BCUT2D eigenvalue weighted by molar-refractivity contribution is 0.142. The molecule has 0 radical (unpaired) electrons. The largest absolute Gasteiger partial charge is 0.511 e. The normalized spacial score (nSPS) is 22.1. The van der Waals surface area contributed by atoms with E-state index in [0.29, 0.717) is 12.1 Å². The second-order valence-electron chi connectivity index (χ2n) is 8.72. The molecule has 3 rings (SSSR count). The van der Waals surface area contributed by atoms with E-state index in [1.54, 1.807) is 38.5 Å². The van der Waals surface area contributed by atoms with Crippen LogP contribution in [-0.2, 0) is 0 Å². The van der Waals surface area contributed by atoms with E-state index in [9.17, 15) is 18.0 Å². The van der Waals surface area contributed by atoms with Gasteiger partial charge in [-0.25, -0.2) is 13.6 Å². The molecule has 0 spiro atoms. The number of rotatable bonds is 6. The molecule has 6 heteroatoms. The summed E-state index contributed by atoms with van der Waals surface area (Å²) < 4.78 is 41.1. The average Bonchev–Trinajstić information content (AvgIpc) is 2.76. The van der Waals surface area contributed by atoms with Crippen LogP contribution in [0.15, 0.2) is 12.1 Å². The minimum absolute atomic E-state index is 0.566. The van der Waals surface area contributed by atoms with Crippen LogP contribution in [0.4, 0.5) is 18.0 Å². The summed E-state index contributed by atoms with van der Waals surface area (Å²) in [6.07, 6.45) is 18.0. The third-order valence-electron chi connectivity index (χ3n) is 6.62. The Labute approximate surface area is 178 Å². The number of carbonyl (C=O) groups is 1. The molecular weight excluding hydrogens is 393 g/mol. The predicted octanol–water partition coefficient (Wildman–Crippen LogP) is 8.11. The lowest BCUT2D eigenvalue weighted by atomic mass is 9.70. The Morgan fingerprint density at radius 2 is 1.57 bits per heavy atom. The quantitative estimate of drug-likeness (QED) is 0.215. The molecule has 3 nitrogen and oxygen atoms in total. The Morgan fingerprint density at radius 1 is 0.933 bits per heavy atom. The lowest BCUT2D eigenvalue weighted by Gasteiger charge is -2.36. The maximum Gasteiger partial charge on any atom is 0.511 e. The fourth-order valence-electron chi connectivity index (χ4n) is 4.92. The second kappa shape index (κ2) is 12.9. The first-order valence-corrected chi connectivity index (χ1v) is 11.5. The van der Waals surface area contributed by atoms with Gasteiger partial charge in [0.15, 0.2) is 17.4 Å². The van der Waals surface area contributed by atoms with Crippen molar-refractivity contribution in [2.24, 2.45) is 17.8 Å². The second-order valence-corrected chi connectivity index (χ2v) is 8.72. The van der Waals surface area contributed by atoms with Crippen LogP contribution in [-0.4, -0.2) is 11.3 Å². The van der Waals surface area contributed by atoms with Crippen LogP contribution in [0.5, 0.6) is 5.75 Å². The molecule has 1 N–H and O–H groups in total. The first-order chi connectivity index (χ1) is 14.4. The summed E-state index contributed by atoms with van der Waals surface area (Å²) in [5.74, 6) is -2.36. The van der Waals surface area contributed by atoms with Crippen LogP contribution in [0.3, 0.4) is 0 Å². The van der Waals surface area contributed by atoms with E-state index in [1.807, 2.05) is 0 Å². The molecule has 2 saturated carbocycles. The van der Waals surface area contributed by atoms with Gasteiger partial charge in [0.2, 0.25) is 5.82 Å². The van der Waals surface area contributed by atoms with Gasteiger partial charge in [0.1, 0.15) is 0 Å². The fraction of sp³-hybridized carbons (Fsp3) is 0.708. The molecule has 1 aromatic rings. The number of benzene rings is 1. The molecule has 2 aliphatic carbocycles. The summed E-state index contributed by atoms with van der Waals surface area (Å²) in [6.45, 7) is 2.32. The fourth-order valence-corrected chi connectivity index (χ4v) is 4.92. The number of unbranched alkanes of at least 4 members (excludes halogenated alkanes) is 2. The summed E-state index contributed by atoms with van der Waals surface area (Å²) in [4.78, 5) is 9.91. The van der Waals surface area contributed by atoms with E-state index in [0.717, 1.165) is 17.8 Å². The minimum atomic E-state index is -1.80. The molecule has 0 bridgehead atoms. The monoisotopic (exact) mass is 428 g/mol. The van der Waals surface area contributed by atoms with E-state index in [2.05, 4.69) is 11.7 Å². The van der Waals surface area contributed by atoms with Crippen LogP contribution >= 0.6 is 0 Å². The zero-order valence-electron chi connectivity index (χ0n) is 18.0. The zero-order chi connectivity index (χ0) is 21.9. The molecular formula is C24H35F3O3. The molecule has 2 aliphatic rings. The molecule has 0 aliphatic heterocycles. The van der Waals surface area contributed by atoms with Gasteiger partial charge in [-0.2, -0.15) is 4.39 Å². The van der Waals surface area contributed by atoms with Gasteiger partial charge in [0, 0.05) is 0 Å². The highest BCUT2D eigenvalue weighted by Crippen LogP contribution is 2.41. The van der Waals surface area contributed by atoms with Crippen molar-refractivity contribution in [3.63, 3.8) is 0 Å². The van der Waals surface area contributed by atoms with Crippen molar-refractivity contribution in [2.75, 3.05) is 0 Å². The minimum Gasteiger partial charge on any atom is -0.449 e. The molecule has 30 heavy (non-hydrogen) atoms. The van der Waals surface area contributed by atoms with E-state index in [4.69, 9.17) is 5.11 Å². The maximum absolute atomic E-state index is 12.6. The highest BCUT2D eigenvalue weighted by Gasteiger charge is 2.28. The number of carboxylic acid groups (broad SMARTS) is 1. The highest BCUT2D eigenvalue weighted by atomic mass is 19.2. The van der Waals surface area contributed by atoms with Gasteiger partial charge in [-0.15, -0.1) is 0 Å². The first-order valence-electron chi connectivity index (χ1n) is 11.5. The molecule has 0 amide bonds. The van der Waals surface area contributed by atoms with E-state index in [-0.39, 0.29) is 0 Å². The molecule has 0 unspecified atom stereocenters. The number of hydrogen-bond acceptors (Lipinski definition) is 2. The molecule has 170 valence electrons. The van der Waals surface area contributed by atoms with Gasteiger partial charge in [0.25, 0.3) is 0 Å². The third kappa shape index (κ3) is 7.84. The van der Waals surface area contributed by atoms with E-state index >= 15 is 0 Å². The zero-order valence-corrected chi connectivity index (χ0v) is 18.0. The Balaban J connectivity index is 0.000000222. The van der Waals surface area contributed by atoms with Crippen molar-refractivity contribution >= 4 is 6.16 Å². The van der Waals surface area contributed by atoms with Crippen LogP contribution in [0.1, 0.15) is 90.4 Å². The van der Waals surface area contributed by atoms with Gasteiger partial charge >= 0.3 is 6.16 Å². The van der Waals surface area contributed by atoms with Crippen molar-refractivity contribution in [3.8, 4) is 5.75 Å². The molecule has 1 aromatic carbocycles. The van der Waals surface area contributed by atoms with Crippen molar-refractivity contribution < 1.29 is 27.8 Å². The van der Waals surface area contributed by atoms with Gasteiger partial charge < -0.3 is 9.84 Å². The van der Waals surface area contributed by atoms with Gasteiger partial charge in [-0.3, -0.25) is 0 Å². The van der Waals surface area contributed by atoms with Gasteiger partial charge in [0.05, 0.1) is 0 Å². The summed E-state index contributed by atoms with van der Waals surface area (Å²) in [7, 11) is 0. The van der Waals surface area contributed by atoms with Crippen LogP contribution < -0.4 is 4.74 Å². The number of halogens is 3. The van der Waals surface area contributed by atoms with Crippen LogP contribution in [0, 0.1) is 35.2 Å². The molecule has 0 saturated heterocycles. The highest BCUT2D eigenvalue weighted by molar-refractivity contribution is 5.61. The standard InChI is InChI=1S/C17H32.C7H3F3O3/c1-2-3-5-8-15-11-13-17(14-12-15)16-9-6-4-7-10-16;8-3-1-2-4(13-7(11)12)6(10)5(3)9/h15-17H,2-14H2,1H3;1-2H,(H,11,12)/t15-,17-;. The number of ether oxygens (including phenoxy) is 1. The van der Waals surface area contributed by atoms with Crippen molar-refractivity contribution in [3.05, 3.63) is 29.6 Å². The molecule has 2 fully saturated rings. The first kappa shape index (κ1) is 24.5. The Kier molecular flexibility index (Phi) is 10.5. The average molecular weight is 429 g/mol. The Bertz CT molecular complexity index is 651. The molecule has 0 aromatic heterocycles. The van der Waals surface area contributed by atoms with Crippen molar-refractivity contribution in [1.82, 2.24) is 0 Å².